The van der Waals surface area contributed by atoms with Crippen LogP contribution in [0.2, 0.25) is 0 Å². The topological polar surface area (TPSA) is 69.0 Å². The van der Waals surface area contributed by atoms with E-state index >= 15 is 0 Å². The van der Waals surface area contributed by atoms with E-state index in [1.807, 2.05) is 11.5 Å². The Morgan fingerprint density at radius 3 is 2.78 bits per heavy atom. The number of ether oxygens (including phenoxy) is 1. The van der Waals surface area contributed by atoms with Crippen molar-refractivity contribution in [3.8, 4) is 0 Å². The molecule has 1 aromatic heterocycles. The van der Waals surface area contributed by atoms with Crippen molar-refractivity contribution in [2.45, 2.75) is 70.9 Å². The van der Waals surface area contributed by atoms with E-state index in [1.165, 1.54) is 32.1 Å². The summed E-state index contributed by atoms with van der Waals surface area (Å²) in [7, 11) is 0. The second-order valence-electron chi connectivity index (χ2n) is 7.45. The molecule has 1 aromatic rings. The molecule has 1 atom stereocenters. The Morgan fingerprint density at radius 2 is 2.09 bits per heavy atom. The molecule has 1 amide bonds. The minimum atomic E-state index is -0.759. The summed E-state index contributed by atoms with van der Waals surface area (Å²) in [6.45, 7) is 7.64. The number of carbonyl (C=O) groups excluding carboxylic acids is 1. The van der Waals surface area contributed by atoms with Gasteiger partial charge in [-0.05, 0) is 25.7 Å². The van der Waals surface area contributed by atoms with E-state index < -0.39 is 5.54 Å². The molecule has 6 nitrogen and oxygen atoms in total. The van der Waals surface area contributed by atoms with E-state index in [2.05, 4.69) is 29.4 Å². The highest BCUT2D eigenvalue weighted by atomic mass is 16.5. The van der Waals surface area contributed by atoms with Gasteiger partial charge in [-0.15, -0.1) is 10.2 Å². The summed E-state index contributed by atoms with van der Waals surface area (Å²) in [4.78, 5) is 12.9. The molecule has 0 radical (unpaired) electrons. The third-order valence-electron chi connectivity index (χ3n) is 5.14. The number of hydrogen-bond acceptors (Lipinski definition) is 4. The Labute approximate surface area is 138 Å². The fourth-order valence-corrected chi connectivity index (χ4v) is 3.73. The molecule has 1 saturated carbocycles. The minimum absolute atomic E-state index is 0.0192. The van der Waals surface area contributed by atoms with Crippen molar-refractivity contribution in [1.82, 2.24) is 20.1 Å². The van der Waals surface area contributed by atoms with Crippen molar-refractivity contribution < 1.29 is 9.53 Å². The van der Waals surface area contributed by atoms with Gasteiger partial charge >= 0.3 is 0 Å². The SMILES string of the molecule is CC(C)c1nnc2n1C(C)(C(=O)NCC1CCCCC1)COC2. The second kappa shape index (κ2) is 6.59. The van der Waals surface area contributed by atoms with Gasteiger partial charge in [0.1, 0.15) is 18.0 Å². The monoisotopic (exact) mass is 320 g/mol. The van der Waals surface area contributed by atoms with Crippen LogP contribution < -0.4 is 5.32 Å². The molecule has 0 aromatic carbocycles. The first-order chi connectivity index (χ1) is 11.0. The van der Waals surface area contributed by atoms with Crippen molar-refractivity contribution >= 4 is 5.91 Å². The molecule has 0 saturated heterocycles. The van der Waals surface area contributed by atoms with Crippen LogP contribution >= 0.6 is 0 Å². The summed E-state index contributed by atoms with van der Waals surface area (Å²) >= 11 is 0. The van der Waals surface area contributed by atoms with E-state index in [0.29, 0.717) is 19.1 Å². The van der Waals surface area contributed by atoms with Crippen molar-refractivity contribution in [2.75, 3.05) is 13.2 Å². The molecule has 1 N–H and O–H groups in total. The molecular formula is C17H28N4O2. The number of amides is 1. The van der Waals surface area contributed by atoms with E-state index in [4.69, 9.17) is 4.74 Å². The van der Waals surface area contributed by atoms with Gasteiger partial charge in [0.05, 0.1) is 6.61 Å². The van der Waals surface area contributed by atoms with Crippen LogP contribution in [0, 0.1) is 5.92 Å². The average Bonchev–Trinajstić information content (AvgIpc) is 2.99. The van der Waals surface area contributed by atoms with Crippen LogP contribution in [-0.2, 0) is 21.7 Å². The lowest BCUT2D eigenvalue weighted by Crippen LogP contribution is -2.53. The Balaban J connectivity index is 1.76. The van der Waals surface area contributed by atoms with E-state index in [-0.39, 0.29) is 11.8 Å². The quantitative estimate of drug-likeness (QED) is 0.924. The Morgan fingerprint density at radius 1 is 1.35 bits per heavy atom. The Bertz CT molecular complexity index is 563. The Kier molecular flexibility index (Phi) is 4.71. The van der Waals surface area contributed by atoms with Crippen molar-refractivity contribution in [1.29, 1.82) is 0 Å². The van der Waals surface area contributed by atoms with Gasteiger partial charge in [0, 0.05) is 12.5 Å². The van der Waals surface area contributed by atoms with Gasteiger partial charge in [-0.25, -0.2) is 0 Å². The van der Waals surface area contributed by atoms with E-state index in [0.717, 1.165) is 18.2 Å². The van der Waals surface area contributed by atoms with Crippen LogP contribution in [0.5, 0.6) is 0 Å². The van der Waals surface area contributed by atoms with E-state index in [1.54, 1.807) is 0 Å². The summed E-state index contributed by atoms with van der Waals surface area (Å²) < 4.78 is 7.63. The molecule has 6 heteroatoms. The molecule has 1 aliphatic heterocycles. The number of rotatable bonds is 4. The maximum absolute atomic E-state index is 12.9. The minimum Gasteiger partial charge on any atom is -0.370 e. The van der Waals surface area contributed by atoms with Crippen LogP contribution in [0.1, 0.15) is 70.4 Å². The van der Waals surface area contributed by atoms with Crippen molar-refractivity contribution in [3.05, 3.63) is 11.6 Å². The number of hydrogen-bond donors (Lipinski definition) is 1. The molecule has 3 rings (SSSR count). The largest absolute Gasteiger partial charge is 0.370 e. The summed E-state index contributed by atoms with van der Waals surface area (Å²) in [5.41, 5.74) is -0.759. The van der Waals surface area contributed by atoms with Crippen LogP contribution in [0.15, 0.2) is 0 Å². The van der Waals surface area contributed by atoms with Crippen molar-refractivity contribution in [2.24, 2.45) is 5.92 Å². The van der Waals surface area contributed by atoms with Gasteiger partial charge in [-0.1, -0.05) is 33.1 Å². The molecule has 2 heterocycles. The predicted molar refractivity (Wildman–Crippen MR) is 87.0 cm³/mol. The molecule has 128 valence electrons. The third kappa shape index (κ3) is 3.13. The highest BCUT2D eigenvalue weighted by molar-refractivity contribution is 5.84. The highest BCUT2D eigenvalue weighted by Gasteiger charge is 2.42. The fraction of sp³-hybridized carbons (Fsp3) is 0.824. The second-order valence-corrected chi connectivity index (χ2v) is 7.45. The molecule has 2 aliphatic rings. The molecule has 0 bridgehead atoms. The summed E-state index contributed by atoms with van der Waals surface area (Å²) in [5.74, 6) is 2.46. The lowest BCUT2D eigenvalue weighted by molar-refractivity contribution is -0.135. The first kappa shape index (κ1) is 16.4. The van der Waals surface area contributed by atoms with Gasteiger partial charge in [-0.2, -0.15) is 0 Å². The maximum atomic E-state index is 12.9. The standard InChI is InChI=1S/C17H28N4O2/c1-12(2)15-20-19-14-10-23-11-17(3,21(14)15)16(22)18-9-13-7-5-4-6-8-13/h12-13H,4-11H2,1-3H3,(H,18,22). The van der Waals surface area contributed by atoms with Gasteiger partial charge < -0.3 is 10.1 Å². The highest BCUT2D eigenvalue weighted by Crippen LogP contribution is 2.29. The summed E-state index contributed by atoms with van der Waals surface area (Å²) in [6, 6.07) is 0. The Hall–Kier alpha value is -1.43. The van der Waals surface area contributed by atoms with Gasteiger partial charge in [0.15, 0.2) is 5.82 Å². The zero-order chi connectivity index (χ0) is 16.4. The smallest absolute Gasteiger partial charge is 0.248 e. The lowest BCUT2D eigenvalue weighted by atomic mass is 9.89. The number of carbonyl (C=O) groups is 1. The molecule has 0 spiro atoms. The third-order valence-corrected chi connectivity index (χ3v) is 5.14. The lowest BCUT2D eigenvalue weighted by Gasteiger charge is -2.36. The van der Waals surface area contributed by atoms with Gasteiger partial charge in [0.2, 0.25) is 5.91 Å². The molecule has 1 fully saturated rings. The van der Waals surface area contributed by atoms with E-state index in [9.17, 15) is 4.79 Å². The molecule has 1 aliphatic carbocycles. The van der Waals surface area contributed by atoms with Crippen LogP contribution in [-0.4, -0.2) is 33.8 Å². The zero-order valence-electron chi connectivity index (χ0n) is 14.5. The fourth-order valence-electron chi connectivity index (χ4n) is 3.73. The first-order valence-corrected chi connectivity index (χ1v) is 8.83. The normalized spacial score (nSPS) is 25.4. The van der Waals surface area contributed by atoms with Gasteiger partial charge in [0.25, 0.3) is 0 Å². The first-order valence-electron chi connectivity index (χ1n) is 8.83. The molecule has 23 heavy (non-hydrogen) atoms. The maximum Gasteiger partial charge on any atom is 0.248 e. The van der Waals surface area contributed by atoms with Crippen LogP contribution in [0.4, 0.5) is 0 Å². The number of aromatic nitrogens is 3. The van der Waals surface area contributed by atoms with Crippen LogP contribution in [0.25, 0.3) is 0 Å². The molecular weight excluding hydrogens is 292 g/mol. The van der Waals surface area contributed by atoms with Crippen molar-refractivity contribution in [3.63, 3.8) is 0 Å². The summed E-state index contributed by atoms with van der Waals surface area (Å²) in [6.07, 6.45) is 6.35. The average molecular weight is 320 g/mol. The van der Waals surface area contributed by atoms with Crippen LogP contribution in [0.3, 0.4) is 0 Å². The van der Waals surface area contributed by atoms with Gasteiger partial charge in [-0.3, -0.25) is 9.36 Å². The number of nitrogens with zero attached hydrogens (tertiary/aromatic N) is 3. The molecule has 1 unspecified atom stereocenters. The predicted octanol–water partition coefficient (Wildman–Crippen LogP) is 2.34. The number of fused-ring (bicyclic) bond motifs is 1. The summed E-state index contributed by atoms with van der Waals surface area (Å²) in [5, 5.41) is 11.7. The zero-order valence-corrected chi connectivity index (χ0v) is 14.5. The number of nitrogens with one attached hydrogen (secondary N) is 1.